The molecule has 0 spiro atoms. The third-order valence-corrected chi connectivity index (χ3v) is 1.04. The molecule has 0 aliphatic heterocycles. The van der Waals surface area contributed by atoms with Gasteiger partial charge in [0.2, 0.25) is 12.3 Å². The highest BCUT2D eigenvalue weighted by Crippen LogP contribution is 1.86. The van der Waals surface area contributed by atoms with Crippen LogP contribution in [-0.2, 0) is 0 Å². The van der Waals surface area contributed by atoms with E-state index in [1.807, 2.05) is 20.8 Å². The number of hydrogen-bond acceptors (Lipinski definition) is 5. The van der Waals surface area contributed by atoms with Gasteiger partial charge in [0.15, 0.2) is 0 Å². The van der Waals surface area contributed by atoms with Crippen molar-refractivity contribution in [3.05, 3.63) is 30.3 Å². The lowest BCUT2D eigenvalue weighted by Crippen LogP contribution is -1.65. The van der Waals surface area contributed by atoms with Crippen molar-refractivity contribution in [3.63, 3.8) is 0 Å². The maximum absolute atomic E-state index is 4.61. The van der Waals surface area contributed by atoms with E-state index in [0.717, 1.165) is 5.69 Å². The van der Waals surface area contributed by atoms with Crippen molar-refractivity contribution >= 4 is 0 Å². The number of aryl methyl sites for hydroxylation is 2. The third-order valence-electron chi connectivity index (χ3n) is 1.04. The molecule has 78 valence electrons. The van der Waals surface area contributed by atoms with Crippen molar-refractivity contribution in [1.82, 2.24) is 15.4 Å². The van der Waals surface area contributed by atoms with Crippen LogP contribution in [0.15, 0.2) is 27.7 Å². The Morgan fingerprint density at radius 2 is 1.93 bits per heavy atom. The monoisotopic (exact) mass is 197 g/mol. The molecule has 0 amide bonds. The maximum Gasteiger partial charge on any atom is 0.213 e. The van der Waals surface area contributed by atoms with E-state index >= 15 is 0 Å². The van der Waals surface area contributed by atoms with Gasteiger partial charge >= 0.3 is 0 Å². The van der Waals surface area contributed by atoms with Crippen molar-refractivity contribution in [1.29, 1.82) is 0 Å². The molecular formula is C9H15N3O2. The number of hydrogen-bond donors (Lipinski definition) is 0. The second-order valence-electron chi connectivity index (χ2n) is 2.10. The maximum atomic E-state index is 4.61. The summed E-state index contributed by atoms with van der Waals surface area (Å²) in [5.41, 5.74) is 0.926. The average molecular weight is 197 g/mol. The topological polar surface area (TPSA) is 65.0 Å². The highest BCUT2D eigenvalue weighted by molar-refractivity contribution is 4.89. The lowest BCUT2D eigenvalue weighted by atomic mass is 10.5. The van der Waals surface area contributed by atoms with Crippen LogP contribution in [0.2, 0.25) is 0 Å². The molecule has 0 saturated heterocycles. The summed E-state index contributed by atoms with van der Waals surface area (Å²) in [4.78, 5) is 0. The first-order valence-corrected chi connectivity index (χ1v) is 4.39. The second kappa shape index (κ2) is 7.97. The average Bonchev–Trinajstić information content (AvgIpc) is 2.83. The van der Waals surface area contributed by atoms with Crippen LogP contribution in [0.4, 0.5) is 0 Å². The summed E-state index contributed by atoms with van der Waals surface area (Å²) in [6, 6.07) is 1.81. The van der Waals surface area contributed by atoms with E-state index in [9.17, 15) is 0 Å². The molecule has 2 heterocycles. The summed E-state index contributed by atoms with van der Waals surface area (Å²) >= 11 is 0. The molecule has 0 unspecified atom stereocenters. The Morgan fingerprint density at radius 1 is 1.21 bits per heavy atom. The number of aromatic nitrogens is 3. The molecule has 0 N–H and O–H groups in total. The first-order chi connectivity index (χ1) is 6.79. The van der Waals surface area contributed by atoms with Crippen molar-refractivity contribution < 1.29 is 8.94 Å². The predicted octanol–water partition coefficient (Wildman–Crippen LogP) is 2.39. The Kier molecular flexibility index (Phi) is 7.03. The lowest BCUT2D eigenvalue weighted by molar-refractivity contribution is 0.415. The molecule has 14 heavy (non-hydrogen) atoms. The highest BCUT2D eigenvalue weighted by atomic mass is 16.5. The summed E-state index contributed by atoms with van der Waals surface area (Å²) in [5, 5.41) is 10.4. The van der Waals surface area contributed by atoms with Gasteiger partial charge in [0, 0.05) is 13.0 Å². The minimum Gasteiger partial charge on any atom is -0.428 e. The van der Waals surface area contributed by atoms with E-state index in [1.165, 1.54) is 6.39 Å². The second-order valence-corrected chi connectivity index (χ2v) is 2.10. The third kappa shape index (κ3) is 5.93. The normalized spacial score (nSPS) is 8.00. The lowest BCUT2D eigenvalue weighted by Gasteiger charge is -1.63. The zero-order valence-corrected chi connectivity index (χ0v) is 8.89. The van der Waals surface area contributed by atoms with Crippen LogP contribution in [0.5, 0.6) is 0 Å². The Labute approximate surface area is 83.1 Å². The summed E-state index contributed by atoms with van der Waals surface area (Å²) in [7, 11) is 0. The minimum absolute atomic E-state index is 0.606. The Balaban J connectivity index is 0.000000206. The van der Waals surface area contributed by atoms with Gasteiger partial charge in [-0.1, -0.05) is 19.0 Å². The fourth-order valence-corrected chi connectivity index (χ4v) is 0.501. The standard InChI is InChI=1S/C4H5NO.C3H4N2O.C2H6/c1-4-2-3-6-5-4;1-3-5-4-2-6-3;1-2/h2-3H,1H3;2H,1H3;1-2H3. The first kappa shape index (κ1) is 12.3. The van der Waals surface area contributed by atoms with Gasteiger partial charge in [-0.05, 0) is 6.92 Å². The quantitative estimate of drug-likeness (QED) is 0.648. The van der Waals surface area contributed by atoms with E-state index < -0.39 is 0 Å². The first-order valence-electron chi connectivity index (χ1n) is 4.39. The molecule has 0 bridgehead atoms. The number of nitrogens with zero attached hydrogens (tertiary/aromatic N) is 3. The molecule has 5 nitrogen and oxygen atoms in total. The van der Waals surface area contributed by atoms with Crippen LogP contribution in [-0.4, -0.2) is 15.4 Å². The highest BCUT2D eigenvalue weighted by Gasteiger charge is 1.79. The molecule has 2 aromatic rings. The largest absolute Gasteiger partial charge is 0.428 e. The zero-order valence-electron chi connectivity index (χ0n) is 8.89. The molecule has 0 radical (unpaired) electrons. The minimum atomic E-state index is 0.606. The van der Waals surface area contributed by atoms with Gasteiger partial charge in [-0.15, -0.1) is 10.2 Å². The summed E-state index contributed by atoms with van der Waals surface area (Å²) in [6.45, 7) is 7.62. The zero-order chi connectivity index (χ0) is 10.8. The Hall–Kier alpha value is -1.65. The Bertz CT molecular complexity index is 257. The van der Waals surface area contributed by atoms with E-state index in [-0.39, 0.29) is 0 Å². The van der Waals surface area contributed by atoms with Crippen LogP contribution in [0.1, 0.15) is 25.4 Å². The molecule has 0 saturated carbocycles. The fourth-order valence-electron chi connectivity index (χ4n) is 0.501. The van der Waals surface area contributed by atoms with Crippen LogP contribution in [0.3, 0.4) is 0 Å². The smallest absolute Gasteiger partial charge is 0.213 e. The molecular weight excluding hydrogens is 182 g/mol. The summed E-state index contributed by atoms with van der Waals surface area (Å²) in [6.07, 6.45) is 2.85. The van der Waals surface area contributed by atoms with Gasteiger partial charge in [0.05, 0.1) is 5.69 Å². The van der Waals surface area contributed by atoms with Crippen LogP contribution < -0.4 is 0 Å². The van der Waals surface area contributed by atoms with Crippen molar-refractivity contribution in [2.75, 3.05) is 0 Å². The van der Waals surface area contributed by atoms with Crippen LogP contribution in [0.25, 0.3) is 0 Å². The molecule has 0 aliphatic rings. The van der Waals surface area contributed by atoms with E-state index in [0.29, 0.717) is 5.89 Å². The van der Waals surface area contributed by atoms with Gasteiger partial charge in [-0.2, -0.15) is 0 Å². The molecule has 0 aromatic carbocycles. The van der Waals surface area contributed by atoms with E-state index in [2.05, 4.69) is 24.3 Å². The van der Waals surface area contributed by atoms with Crippen molar-refractivity contribution in [3.8, 4) is 0 Å². The summed E-state index contributed by atoms with van der Waals surface area (Å²) < 4.78 is 9.08. The van der Waals surface area contributed by atoms with Crippen LogP contribution >= 0.6 is 0 Å². The van der Waals surface area contributed by atoms with Gasteiger partial charge in [0.1, 0.15) is 6.26 Å². The molecule has 2 rings (SSSR count). The van der Waals surface area contributed by atoms with E-state index in [1.54, 1.807) is 19.3 Å². The fraction of sp³-hybridized carbons (Fsp3) is 0.444. The van der Waals surface area contributed by atoms with Crippen LogP contribution in [0, 0.1) is 13.8 Å². The van der Waals surface area contributed by atoms with Gasteiger partial charge in [0.25, 0.3) is 0 Å². The molecule has 5 heteroatoms. The van der Waals surface area contributed by atoms with E-state index in [4.69, 9.17) is 0 Å². The molecule has 0 fully saturated rings. The molecule has 2 aromatic heterocycles. The molecule has 0 aliphatic carbocycles. The van der Waals surface area contributed by atoms with Gasteiger partial charge in [-0.3, -0.25) is 0 Å². The molecule has 0 atom stereocenters. The van der Waals surface area contributed by atoms with Gasteiger partial charge in [-0.25, -0.2) is 0 Å². The SMILES string of the molecule is CC.Cc1ccon1.Cc1nnco1. The van der Waals surface area contributed by atoms with Crippen molar-refractivity contribution in [2.45, 2.75) is 27.7 Å². The Morgan fingerprint density at radius 3 is 2.07 bits per heavy atom. The van der Waals surface area contributed by atoms with Crippen molar-refractivity contribution in [2.24, 2.45) is 0 Å². The predicted molar refractivity (Wildman–Crippen MR) is 51.6 cm³/mol. The number of rotatable bonds is 0. The summed E-state index contributed by atoms with van der Waals surface area (Å²) in [5.74, 6) is 0.606. The van der Waals surface area contributed by atoms with Gasteiger partial charge < -0.3 is 8.94 Å².